The zero-order valence-electron chi connectivity index (χ0n) is 9.80. The van der Waals surface area contributed by atoms with Gasteiger partial charge in [-0.15, -0.1) is 0 Å². The third-order valence-corrected chi connectivity index (χ3v) is 3.57. The largest absolute Gasteiger partial charge is 0.377 e. The van der Waals surface area contributed by atoms with Gasteiger partial charge in [0.1, 0.15) is 0 Å². The highest BCUT2D eigenvalue weighted by atomic mass is 16.5. The van der Waals surface area contributed by atoms with Gasteiger partial charge in [0.25, 0.3) is 0 Å². The van der Waals surface area contributed by atoms with Crippen LogP contribution in [0.4, 0.5) is 0 Å². The molecule has 3 nitrogen and oxygen atoms in total. The smallest absolute Gasteiger partial charge is 0.0623 e. The predicted octanol–water partition coefficient (Wildman–Crippen LogP) is 1.29. The SMILES string of the molecule is CCNC1CCC(OCC2CCCN2)C1. The first-order valence-corrected chi connectivity index (χ1v) is 6.47. The number of rotatable bonds is 5. The van der Waals surface area contributed by atoms with Crippen LogP contribution in [-0.2, 0) is 4.74 Å². The van der Waals surface area contributed by atoms with Gasteiger partial charge in [0.05, 0.1) is 12.7 Å². The van der Waals surface area contributed by atoms with Gasteiger partial charge in [0.2, 0.25) is 0 Å². The van der Waals surface area contributed by atoms with Crippen molar-refractivity contribution in [1.82, 2.24) is 10.6 Å². The fourth-order valence-corrected chi connectivity index (χ4v) is 2.72. The average Bonchev–Trinajstić information content (AvgIpc) is 2.85. The number of nitrogens with one attached hydrogen (secondary N) is 2. The molecule has 2 aliphatic rings. The van der Waals surface area contributed by atoms with E-state index in [2.05, 4.69) is 17.6 Å². The monoisotopic (exact) mass is 212 g/mol. The molecule has 1 saturated heterocycles. The van der Waals surface area contributed by atoms with E-state index >= 15 is 0 Å². The van der Waals surface area contributed by atoms with Gasteiger partial charge < -0.3 is 15.4 Å². The van der Waals surface area contributed by atoms with Crippen LogP contribution in [0.2, 0.25) is 0 Å². The molecule has 3 atom stereocenters. The van der Waals surface area contributed by atoms with E-state index in [4.69, 9.17) is 4.74 Å². The third kappa shape index (κ3) is 3.44. The summed E-state index contributed by atoms with van der Waals surface area (Å²) in [4.78, 5) is 0. The van der Waals surface area contributed by atoms with Crippen LogP contribution in [-0.4, -0.2) is 37.9 Å². The topological polar surface area (TPSA) is 33.3 Å². The first kappa shape index (κ1) is 11.4. The molecule has 0 radical (unpaired) electrons. The molecule has 0 spiro atoms. The molecule has 1 heterocycles. The summed E-state index contributed by atoms with van der Waals surface area (Å²) < 4.78 is 5.96. The zero-order chi connectivity index (χ0) is 10.5. The molecule has 1 aliphatic heterocycles. The molecule has 2 fully saturated rings. The van der Waals surface area contributed by atoms with E-state index in [0.717, 1.165) is 13.2 Å². The molecular weight excluding hydrogens is 188 g/mol. The Morgan fingerprint density at radius 3 is 3.00 bits per heavy atom. The Hall–Kier alpha value is -0.120. The van der Waals surface area contributed by atoms with Gasteiger partial charge in [-0.2, -0.15) is 0 Å². The van der Waals surface area contributed by atoms with Gasteiger partial charge in [-0.05, 0) is 45.2 Å². The van der Waals surface area contributed by atoms with Crippen LogP contribution in [0.5, 0.6) is 0 Å². The molecule has 3 heteroatoms. The van der Waals surface area contributed by atoms with Crippen LogP contribution in [0, 0.1) is 0 Å². The van der Waals surface area contributed by atoms with E-state index in [-0.39, 0.29) is 0 Å². The Balaban J connectivity index is 1.59. The van der Waals surface area contributed by atoms with E-state index in [1.165, 1.54) is 38.6 Å². The molecule has 88 valence electrons. The Kier molecular flexibility index (Phi) is 4.42. The van der Waals surface area contributed by atoms with Crippen LogP contribution >= 0.6 is 0 Å². The van der Waals surface area contributed by atoms with Crippen molar-refractivity contribution >= 4 is 0 Å². The van der Waals surface area contributed by atoms with Crippen LogP contribution in [0.25, 0.3) is 0 Å². The van der Waals surface area contributed by atoms with E-state index in [0.29, 0.717) is 18.2 Å². The molecule has 0 aromatic heterocycles. The van der Waals surface area contributed by atoms with Crippen molar-refractivity contribution in [2.45, 2.75) is 57.2 Å². The van der Waals surface area contributed by atoms with Crippen LogP contribution in [0.15, 0.2) is 0 Å². The minimum Gasteiger partial charge on any atom is -0.377 e. The molecule has 15 heavy (non-hydrogen) atoms. The average molecular weight is 212 g/mol. The highest BCUT2D eigenvalue weighted by molar-refractivity contribution is 4.82. The molecular formula is C12H24N2O. The molecule has 3 unspecified atom stereocenters. The van der Waals surface area contributed by atoms with Crippen molar-refractivity contribution in [2.75, 3.05) is 19.7 Å². The Morgan fingerprint density at radius 1 is 1.33 bits per heavy atom. The lowest BCUT2D eigenvalue weighted by molar-refractivity contribution is 0.0445. The maximum Gasteiger partial charge on any atom is 0.0623 e. The lowest BCUT2D eigenvalue weighted by Crippen LogP contribution is -2.30. The summed E-state index contributed by atoms with van der Waals surface area (Å²) in [5.74, 6) is 0. The van der Waals surface area contributed by atoms with Gasteiger partial charge in [0, 0.05) is 12.1 Å². The van der Waals surface area contributed by atoms with Gasteiger partial charge in [-0.25, -0.2) is 0 Å². The van der Waals surface area contributed by atoms with Gasteiger partial charge in [-0.3, -0.25) is 0 Å². The van der Waals surface area contributed by atoms with Gasteiger partial charge in [0.15, 0.2) is 0 Å². The minimum atomic E-state index is 0.511. The van der Waals surface area contributed by atoms with Crippen molar-refractivity contribution in [3.63, 3.8) is 0 Å². The maximum absolute atomic E-state index is 5.96. The standard InChI is InChI=1S/C12H24N2O/c1-2-13-10-5-6-12(8-10)15-9-11-4-3-7-14-11/h10-14H,2-9H2,1H3. The van der Waals surface area contributed by atoms with Crippen molar-refractivity contribution < 1.29 is 4.74 Å². The Bertz CT molecular complexity index is 180. The van der Waals surface area contributed by atoms with Gasteiger partial charge in [-0.1, -0.05) is 6.92 Å². The van der Waals surface area contributed by atoms with E-state index in [1.807, 2.05) is 0 Å². The second-order valence-corrected chi connectivity index (χ2v) is 4.82. The fraction of sp³-hybridized carbons (Fsp3) is 1.00. The molecule has 2 N–H and O–H groups in total. The second kappa shape index (κ2) is 5.83. The van der Waals surface area contributed by atoms with Crippen LogP contribution in [0.3, 0.4) is 0 Å². The first-order chi connectivity index (χ1) is 7.38. The summed E-state index contributed by atoms with van der Waals surface area (Å²) in [7, 11) is 0. The van der Waals surface area contributed by atoms with E-state index < -0.39 is 0 Å². The Morgan fingerprint density at radius 2 is 2.27 bits per heavy atom. The van der Waals surface area contributed by atoms with Crippen molar-refractivity contribution in [1.29, 1.82) is 0 Å². The van der Waals surface area contributed by atoms with Crippen LogP contribution in [0.1, 0.15) is 39.0 Å². The summed E-state index contributed by atoms with van der Waals surface area (Å²) in [6, 6.07) is 1.33. The van der Waals surface area contributed by atoms with Crippen molar-refractivity contribution in [3.8, 4) is 0 Å². The Labute approximate surface area is 93.0 Å². The van der Waals surface area contributed by atoms with E-state index in [1.54, 1.807) is 0 Å². The summed E-state index contributed by atoms with van der Waals surface area (Å²) >= 11 is 0. The summed E-state index contributed by atoms with van der Waals surface area (Å²) in [6.07, 6.45) is 6.86. The second-order valence-electron chi connectivity index (χ2n) is 4.82. The molecule has 0 bridgehead atoms. The summed E-state index contributed by atoms with van der Waals surface area (Å²) in [5.41, 5.74) is 0. The molecule has 2 rings (SSSR count). The quantitative estimate of drug-likeness (QED) is 0.720. The summed E-state index contributed by atoms with van der Waals surface area (Å²) in [5, 5.41) is 6.98. The van der Waals surface area contributed by atoms with Crippen molar-refractivity contribution in [2.24, 2.45) is 0 Å². The number of ether oxygens (including phenoxy) is 1. The molecule has 0 aromatic rings. The molecule has 0 amide bonds. The normalized spacial score (nSPS) is 36.2. The zero-order valence-corrected chi connectivity index (χ0v) is 9.80. The van der Waals surface area contributed by atoms with E-state index in [9.17, 15) is 0 Å². The maximum atomic E-state index is 5.96. The molecule has 0 aromatic carbocycles. The lowest BCUT2D eigenvalue weighted by atomic mass is 10.2. The van der Waals surface area contributed by atoms with Gasteiger partial charge >= 0.3 is 0 Å². The van der Waals surface area contributed by atoms with Crippen LogP contribution < -0.4 is 10.6 Å². The predicted molar refractivity (Wildman–Crippen MR) is 62.1 cm³/mol. The minimum absolute atomic E-state index is 0.511. The fourth-order valence-electron chi connectivity index (χ4n) is 2.72. The molecule has 1 saturated carbocycles. The highest BCUT2D eigenvalue weighted by Gasteiger charge is 2.25. The van der Waals surface area contributed by atoms with Crippen molar-refractivity contribution in [3.05, 3.63) is 0 Å². The number of hydrogen-bond donors (Lipinski definition) is 2. The third-order valence-electron chi connectivity index (χ3n) is 3.57. The lowest BCUT2D eigenvalue weighted by Gasteiger charge is -2.16. The number of hydrogen-bond acceptors (Lipinski definition) is 3. The summed E-state index contributed by atoms with van der Waals surface area (Å²) in [6.45, 7) is 5.36. The highest BCUT2D eigenvalue weighted by Crippen LogP contribution is 2.22. The molecule has 1 aliphatic carbocycles. The first-order valence-electron chi connectivity index (χ1n) is 6.47.